The van der Waals surface area contributed by atoms with Gasteiger partial charge in [0.2, 0.25) is 0 Å². The number of nitrogens with zero attached hydrogens (tertiary/aromatic N) is 3. The van der Waals surface area contributed by atoms with Gasteiger partial charge < -0.3 is 15.0 Å². The van der Waals surface area contributed by atoms with E-state index < -0.39 is 11.1 Å². The zero-order valence-electron chi connectivity index (χ0n) is 16.9. The summed E-state index contributed by atoms with van der Waals surface area (Å²) in [5.41, 5.74) is 2.02. The number of halogens is 4. The minimum atomic E-state index is -4.39. The molecule has 0 spiro atoms. The molecule has 10 heteroatoms. The van der Waals surface area contributed by atoms with Crippen molar-refractivity contribution in [3.05, 3.63) is 39.0 Å². The molecule has 2 aliphatic heterocycles. The molecule has 0 amide bonds. The van der Waals surface area contributed by atoms with Gasteiger partial charge in [-0.25, -0.2) is 4.99 Å². The van der Waals surface area contributed by atoms with Crippen molar-refractivity contribution in [1.29, 1.82) is 0 Å². The molecule has 1 fully saturated rings. The first-order valence-electron chi connectivity index (χ1n) is 9.86. The minimum Gasteiger partial charge on any atom is -0.385 e. The molecule has 30 heavy (non-hydrogen) atoms. The first-order chi connectivity index (χ1) is 14.3. The summed E-state index contributed by atoms with van der Waals surface area (Å²) < 4.78 is 45.6. The van der Waals surface area contributed by atoms with Crippen molar-refractivity contribution in [1.82, 2.24) is 9.80 Å². The fourth-order valence-electron chi connectivity index (χ4n) is 3.95. The van der Waals surface area contributed by atoms with E-state index in [2.05, 4.69) is 22.2 Å². The number of allylic oxidation sites excluding steroid dienone is 3. The van der Waals surface area contributed by atoms with Crippen molar-refractivity contribution < 1.29 is 17.9 Å². The van der Waals surface area contributed by atoms with E-state index in [1.165, 1.54) is 6.07 Å². The number of hydrogen-bond donors (Lipinski definition) is 1. The number of aliphatic imine (C=N–C) groups is 1. The number of rotatable bonds is 3. The number of methoxy groups -OCH3 is 1. The number of piperazine rings is 1. The molecule has 1 N–H and O–H groups in total. The van der Waals surface area contributed by atoms with Crippen LogP contribution in [0, 0.1) is 0 Å². The largest absolute Gasteiger partial charge is 0.425 e. The molecule has 0 saturated carbocycles. The third-order valence-electron chi connectivity index (χ3n) is 5.69. The van der Waals surface area contributed by atoms with Gasteiger partial charge in [-0.2, -0.15) is 13.2 Å². The van der Waals surface area contributed by atoms with E-state index >= 15 is 0 Å². The Balaban J connectivity index is 1.74. The fourth-order valence-corrected chi connectivity index (χ4v) is 5.10. The van der Waals surface area contributed by atoms with E-state index in [1.54, 1.807) is 7.11 Å². The Morgan fingerprint density at radius 2 is 2.13 bits per heavy atom. The summed E-state index contributed by atoms with van der Waals surface area (Å²) in [4.78, 5) is 8.58. The Morgan fingerprint density at radius 1 is 1.33 bits per heavy atom. The monoisotopic (exact) mass is 460 g/mol. The van der Waals surface area contributed by atoms with Gasteiger partial charge >= 0.3 is 6.18 Å². The number of amidine groups is 1. The molecule has 0 unspecified atom stereocenters. The topological polar surface area (TPSA) is 40.1 Å². The van der Waals surface area contributed by atoms with Gasteiger partial charge in [-0.3, -0.25) is 4.90 Å². The lowest BCUT2D eigenvalue weighted by Gasteiger charge is -2.41. The molecular formula is C20H24ClF3N4OS. The van der Waals surface area contributed by atoms with Crippen LogP contribution in [0.4, 0.5) is 18.2 Å². The van der Waals surface area contributed by atoms with Crippen LogP contribution in [-0.4, -0.2) is 62.1 Å². The fraction of sp³-hybridized carbons (Fsp3) is 0.550. The molecule has 164 valence electrons. The highest BCUT2D eigenvalue weighted by Crippen LogP contribution is 2.43. The summed E-state index contributed by atoms with van der Waals surface area (Å²) in [6.45, 7) is 2.80. The van der Waals surface area contributed by atoms with Gasteiger partial charge in [-0.05, 0) is 38.5 Å². The molecule has 3 heterocycles. The lowest BCUT2D eigenvalue weighted by atomic mass is 10.1. The van der Waals surface area contributed by atoms with Crippen LogP contribution in [0.1, 0.15) is 29.7 Å². The summed E-state index contributed by atoms with van der Waals surface area (Å²) in [6.07, 6.45) is -0.455. The predicted octanol–water partition coefficient (Wildman–Crippen LogP) is 4.72. The van der Waals surface area contributed by atoms with E-state index in [0.717, 1.165) is 30.0 Å². The van der Waals surface area contributed by atoms with Gasteiger partial charge in [0.1, 0.15) is 15.7 Å². The van der Waals surface area contributed by atoms with E-state index in [9.17, 15) is 13.2 Å². The summed E-state index contributed by atoms with van der Waals surface area (Å²) >= 11 is 6.98. The molecule has 4 rings (SSSR count). The molecular weight excluding hydrogens is 437 g/mol. The SMILES string of the molecule is COCC[C@H]1CN(C2=NC3=C(CCC(Cl)=C3)Nc3sc(C(F)(F)F)cc32)CCN1C. The van der Waals surface area contributed by atoms with Gasteiger partial charge in [0.05, 0.1) is 11.3 Å². The highest BCUT2D eigenvalue weighted by atomic mass is 35.5. The molecule has 5 nitrogen and oxygen atoms in total. The van der Waals surface area contributed by atoms with Crippen molar-refractivity contribution >= 4 is 33.8 Å². The summed E-state index contributed by atoms with van der Waals surface area (Å²) in [7, 11) is 3.74. The third-order valence-corrected chi connectivity index (χ3v) is 7.08. The molecule has 1 aromatic rings. The number of anilines is 1. The van der Waals surface area contributed by atoms with Crippen molar-refractivity contribution in [2.24, 2.45) is 4.99 Å². The molecule has 0 bridgehead atoms. The summed E-state index contributed by atoms with van der Waals surface area (Å²) in [5, 5.41) is 4.42. The lowest BCUT2D eigenvalue weighted by molar-refractivity contribution is -0.134. The summed E-state index contributed by atoms with van der Waals surface area (Å²) in [5.74, 6) is 0.576. The lowest BCUT2D eigenvalue weighted by Crippen LogP contribution is -2.53. The van der Waals surface area contributed by atoms with Gasteiger partial charge in [0.25, 0.3) is 0 Å². The molecule has 1 atom stereocenters. The van der Waals surface area contributed by atoms with Crippen molar-refractivity contribution in [2.45, 2.75) is 31.5 Å². The smallest absolute Gasteiger partial charge is 0.385 e. The molecule has 0 radical (unpaired) electrons. The number of nitrogens with one attached hydrogen (secondary N) is 1. The zero-order valence-corrected chi connectivity index (χ0v) is 18.4. The van der Waals surface area contributed by atoms with Crippen molar-refractivity contribution in [3.8, 4) is 0 Å². The number of alkyl halides is 3. The normalized spacial score (nSPS) is 22.7. The highest BCUT2D eigenvalue weighted by molar-refractivity contribution is 7.16. The van der Waals surface area contributed by atoms with Gasteiger partial charge in [-0.1, -0.05) is 11.6 Å². The van der Waals surface area contributed by atoms with E-state index in [1.807, 2.05) is 6.08 Å². The van der Waals surface area contributed by atoms with Crippen LogP contribution in [0.2, 0.25) is 0 Å². The second kappa shape index (κ2) is 8.53. The number of likely N-dealkylation sites (N-methyl/N-ethyl adjacent to an activating group) is 1. The van der Waals surface area contributed by atoms with Crippen LogP contribution in [0.5, 0.6) is 0 Å². The van der Waals surface area contributed by atoms with Crippen LogP contribution in [0.15, 0.2) is 33.6 Å². The molecule has 3 aliphatic rings. The maximum absolute atomic E-state index is 13.5. The molecule has 1 saturated heterocycles. The average molecular weight is 461 g/mol. The second-order valence-electron chi connectivity index (χ2n) is 7.73. The van der Waals surface area contributed by atoms with Gasteiger partial charge in [-0.15, -0.1) is 11.3 Å². The van der Waals surface area contributed by atoms with Crippen LogP contribution >= 0.6 is 22.9 Å². The van der Waals surface area contributed by atoms with Crippen molar-refractivity contribution in [3.63, 3.8) is 0 Å². The van der Waals surface area contributed by atoms with Crippen LogP contribution in [0.3, 0.4) is 0 Å². The minimum absolute atomic E-state index is 0.237. The Hall–Kier alpha value is -1.55. The second-order valence-corrected chi connectivity index (χ2v) is 9.27. The predicted molar refractivity (Wildman–Crippen MR) is 114 cm³/mol. The van der Waals surface area contributed by atoms with Crippen LogP contribution < -0.4 is 5.32 Å². The van der Waals surface area contributed by atoms with Gasteiger partial charge in [0, 0.05) is 50.1 Å². The Kier molecular flexibility index (Phi) is 6.16. The third kappa shape index (κ3) is 4.39. The number of ether oxygens (including phenoxy) is 1. The highest BCUT2D eigenvalue weighted by Gasteiger charge is 2.37. The Bertz CT molecular complexity index is 908. The van der Waals surface area contributed by atoms with Crippen LogP contribution in [-0.2, 0) is 10.9 Å². The maximum Gasteiger partial charge on any atom is 0.425 e. The quantitative estimate of drug-likeness (QED) is 0.708. The standard InChI is InChI=1S/C20H24ClF3N4OS/c1-27-6-7-28(11-13(27)5-8-29-2)18-14-10-17(20(22,23)24)30-19(14)26-15-4-3-12(21)9-16(15)25-18/h9-10,13,26H,3-8,11H2,1-2H3/t13-/m0/s1. The number of fused-ring (bicyclic) bond motifs is 1. The Labute approximate surface area is 182 Å². The number of thiophene rings is 1. The number of hydrogen-bond acceptors (Lipinski definition) is 6. The first-order valence-corrected chi connectivity index (χ1v) is 11.1. The van der Waals surface area contributed by atoms with Crippen LogP contribution in [0.25, 0.3) is 0 Å². The average Bonchev–Trinajstić information content (AvgIpc) is 3.05. The van der Waals surface area contributed by atoms with Crippen molar-refractivity contribution in [2.75, 3.05) is 45.7 Å². The summed E-state index contributed by atoms with van der Waals surface area (Å²) in [6, 6.07) is 1.46. The van der Waals surface area contributed by atoms with E-state index in [0.29, 0.717) is 59.7 Å². The van der Waals surface area contributed by atoms with Gasteiger partial charge in [0.15, 0.2) is 0 Å². The Morgan fingerprint density at radius 3 is 2.87 bits per heavy atom. The van der Waals surface area contributed by atoms with E-state index in [-0.39, 0.29) is 6.04 Å². The first kappa shape index (κ1) is 21.7. The zero-order chi connectivity index (χ0) is 21.5. The molecule has 0 aromatic carbocycles. The maximum atomic E-state index is 13.5. The molecule has 1 aromatic heterocycles. The molecule has 1 aliphatic carbocycles. The van der Waals surface area contributed by atoms with E-state index in [4.69, 9.17) is 21.3 Å².